The topological polar surface area (TPSA) is 82.1 Å². The van der Waals surface area contributed by atoms with E-state index in [1.807, 2.05) is 19.4 Å². The van der Waals surface area contributed by atoms with Crippen LogP contribution in [0.5, 0.6) is 0 Å². The zero-order valence-electron chi connectivity index (χ0n) is 16.7. The first-order valence-electron chi connectivity index (χ1n) is 9.47. The number of aliphatic imine (C=N–C) groups is 1. The van der Waals surface area contributed by atoms with Crippen LogP contribution in [0.4, 0.5) is 0 Å². The fraction of sp³-hybridized carbons (Fsp3) is 0.632. The van der Waals surface area contributed by atoms with Crippen molar-refractivity contribution in [2.45, 2.75) is 13.3 Å². The molecule has 27 heavy (non-hydrogen) atoms. The molecule has 2 N–H and O–H groups in total. The van der Waals surface area contributed by atoms with E-state index in [0.717, 1.165) is 45.1 Å². The molecule has 1 fully saturated rings. The molecule has 2 heterocycles. The Morgan fingerprint density at radius 1 is 1.26 bits per heavy atom. The fourth-order valence-corrected chi connectivity index (χ4v) is 3.09. The van der Waals surface area contributed by atoms with E-state index in [0.29, 0.717) is 19.7 Å². The monoisotopic (exact) mass is 376 g/mol. The fourth-order valence-electron chi connectivity index (χ4n) is 3.09. The molecule has 0 aliphatic carbocycles. The third-order valence-electron chi connectivity index (χ3n) is 4.69. The van der Waals surface area contributed by atoms with Crippen LogP contribution in [0.2, 0.25) is 0 Å². The molecule has 1 saturated heterocycles. The molecule has 1 aromatic heterocycles. The molecule has 0 saturated carbocycles. The number of nitrogens with one attached hydrogen (secondary N) is 2. The van der Waals surface area contributed by atoms with Crippen LogP contribution in [-0.2, 0) is 16.0 Å². The summed E-state index contributed by atoms with van der Waals surface area (Å²) in [5, 5.41) is 6.31. The first kappa shape index (κ1) is 21.1. The summed E-state index contributed by atoms with van der Waals surface area (Å²) in [7, 11) is 3.44. The van der Waals surface area contributed by atoms with Gasteiger partial charge >= 0.3 is 0 Å². The molecule has 1 aliphatic rings. The van der Waals surface area contributed by atoms with Gasteiger partial charge in [0, 0.05) is 65.8 Å². The van der Waals surface area contributed by atoms with Crippen molar-refractivity contribution < 1.29 is 9.53 Å². The summed E-state index contributed by atoms with van der Waals surface area (Å²) in [5.41, 5.74) is 2.52. The van der Waals surface area contributed by atoms with E-state index < -0.39 is 0 Å². The first-order chi connectivity index (χ1) is 13.1. The van der Waals surface area contributed by atoms with Crippen LogP contribution in [0, 0.1) is 6.92 Å². The molecule has 0 bridgehead atoms. The Kier molecular flexibility index (Phi) is 9.00. The highest BCUT2D eigenvalue weighted by atomic mass is 16.5. The Labute approximate surface area is 162 Å². The van der Waals surface area contributed by atoms with Gasteiger partial charge in [-0.2, -0.15) is 0 Å². The third-order valence-corrected chi connectivity index (χ3v) is 4.69. The second-order valence-corrected chi connectivity index (χ2v) is 6.63. The number of methoxy groups -OCH3 is 1. The highest BCUT2D eigenvalue weighted by molar-refractivity contribution is 5.80. The molecule has 8 heteroatoms. The van der Waals surface area contributed by atoms with Crippen LogP contribution in [0.25, 0.3) is 0 Å². The van der Waals surface area contributed by atoms with Crippen LogP contribution in [0.15, 0.2) is 23.5 Å². The molecule has 1 aliphatic heterocycles. The number of piperazine rings is 1. The lowest BCUT2D eigenvalue weighted by Gasteiger charge is -2.36. The minimum Gasteiger partial charge on any atom is -0.383 e. The van der Waals surface area contributed by atoms with Gasteiger partial charge in [0.15, 0.2) is 5.96 Å². The number of hydrogen-bond donors (Lipinski definition) is 2. The molecule has 0 atom stereocenters. The minimum absolute atomic E-state index is 0.0516. The van der Waals surface area contributed by atoms with Crippen molar-refractivity contribution in [3.63, 3.8) is 0 Å². The van der Waals surface area contributed by atoms with Gasteiger partial charge in [-0.3, -0.25) is 19.7 Å². The number of carbonyl (C=O) groups excluding carboxylic acids is 1. The molecule has 150 valence electrons. The smallest absolute Gasteiger partial charge is 0.234 e. The van der Waals surface area contributed by atoms with E-state index in [4.69, 9.17) is 4.74 Å². The maximum atomic E-state index is 11.9. The van der Waals surface area contributed by atoms with Crippen LogP contribution < -0.4 is 10.6 Å². The standard InChI is InChI=1S/C19H32N6O2/c1-16-14-21-6-4-17(16)5-7-23-19(20-2)25-11-9-24(10-12-25)15-18(26)22-8-13-27-3/h4,6,14H,5,7-13,15H2,1-3H3,(H,20,23)(H,22,26). The normalized spacial score (nSPS) is 15.7. The maximum Gasteiger partial charge on any atom is 0.234 e. The Hall–Kier alpha value is -2.19. The number of pyridine rings is 1. The summed E-state index contributed by atoms with van der Waals surface area (Å²) in [6.45, 7) is 7.87. The maximum absolute atomic E-state index is 11.9. The second-order valence-electron chi connectivity index (χ2n) is 6.63. The van der Waals surface area contributed by atoms with Crippen molar-refractivity contribution >= 4 is 11.9 Å². The van der Waals surface area contributed by atoms with Crippen molar-refractivity contribution in [3.8, 4) is 0 Å². The van der Waals surface area contributed by atoms with Gasteiger partial charge in [0.05, 0.1) is 13.2 Å². The van der Waals surface area contributed by atoms with Crippen molar-refractivity contribution in [1.82, 2.24) is 25.4 Å². The average molecular weight is 377 g/mol. The highest BCUT2D eigenvalue weighted by Gasteiger charge is 2.20. The summed E-state index contributed by atoms with van der Waals surface area (Å²) in [5.74, 6) is 0.974. The third kappa shape index (κ3) is 7.15. The summed E-state index contributed by atoms with van der Waals surface area (Å²) < 4.78 is 4.94. The molecule has 0 unspecified atom stereocenters. The van der Waals surface area contributed by atoms with Gasteiger partial charge in [-0.25, -0.2) is 0 Å². The number of nitrogens with zero attached hydrogens (tertiary/aromatic N) is 4. The molecule has 1 amide bonds. The molecule has 1 aromatic rings. The van der Waals surface area contributed by atoms with Crippen molar-refractivity contribution in [1.29, 1.82) is 0 Å². The quantitative estimate of drug-likeness (QED) is 0.374. The molecular formula is C19H32N6O2. The van der Waals surface area contributed by atoms with Gasteiger partial charge in [0.25, 0.3) is 0 Å². The molecule has 0 aromatic carbocycles. The summed E-state index contributed by atoms with van der Waals surface area (Å²) in [6, 6.07) is 2.07. The molecule has 2 rings (SSSR count). The highest BCUT2D eigenvalue weighted by Crippen LogP contribution is 2.06. The van der Waals surface area contributed by atoms with Gasteiger partial charge in [0.2, 0.25) is 5.91 Å². The van der Waals surface area contributed by atoms with E-state index in [9.17, 15) is 4.79 Å². The zero-order valence-corrected chi connectivity index (χ0v) is 16.7. The number of hydrogen-bond acceptors (Lipinski definition) is 5. The number of aromatic nitrogens is 1. The van der Waals surface area contributed by atoms with E-state index >= 15 is 0 Å². The number of aryl methyl sites for hydroxylation is 1. The van der Waals surface area contributed by atoms with Gasteiger partial charge in [0.1, 0.15) is 0 Å². The predicted molar refractivity (Wildman–Crippen MR) is 107 cm³/mol. The van der Waals surface area contributed by atoms with Gasteiger partial charge < -0.3 is 20.3 Å². The van der Waals surface area contributed by atoms with Crippen molar-refractivity contribution in [3.05, 3.63) is 29.6 Å². The lowest BCUT2D eigenvalue weighted by Crippen LogP contribution is -2.54. The summed E-state index contributed by atoms with van der Waals surface area (Å²) >= 11 is 0. The largest absolute Gasteiger partial charge is 0.383 e. The number of carbonyl (C=O) groups is 1. The Bertz CT molecular complexity index is 614. The molecule has 8 nitrogen and oxygen atoms in total. The molecular weight excluding hydrogens is 344 g/mol. The Morgan fingerprint density at radius 3 is 2.70 bits per heavy atom. The summed E-state index contributed by atoms with van der Waals surface area (Å²) in [6.07, 6.45) is 4.67. The minimum atomic E-state index is 0.0516. The van der Waals surface area contributed by atoms with Crippen LogP contribution >= 0.6 is 0 Å². The van der Waals surface area contributed by atoms with Gasteiger partial charge in [-0.1, -0.05) is 0 Å². The van der Waals surface area contributed by atoms with Crippen molar-refractivity contribution in [2.75, 3.05) is 66.6 Å². The first-order valence-corrected chi connectivity index (χ1v) is 9.47. The molecule has 0 radical (unpaired) electrons. The number of amides is 1. The van der Waals surface area contributed by atoms with E-state index in [-0.39, 0.29) is 5.91 Å². The lowest BCUT2D eigenvalue weighted by atomic mass is 10.1. The SMILES string of the molecule is CN=C(NCCc1ccncc1C)N1CCN(CC(=O)NCCOC)CC1. The number of ether oxygens (including phenoxy) is 1. The van der Waals surface area contributed by atoms with Gasteiger partial charge in [-0.05, 0) is 30.5 Å². The molecule has 0 spiro atoms. The van der Waals surface area contributed by atoms with Gasteiger partial charge in [-0.15, -0.1) is 0 Å². The Morgan fingerprint density at radius 2 is 2.04 bits per heavy atom. The Balaban J connectivity index is 1.70. The van der Waals surface area contributed by atoms with Crippen LogP contribution in [0.3, 0.4) is 0 Å². The lowest BCUT2D eigenvalue weighted by molar-refractivity contribution is -0.122. The van der Waals surface area contributed by atoms with E-state index in [2.05, 4.69) is 43.4 Å². The number of rotatable bonds is 8. The second kappa shape index (κ2) is 11.5. The van der Waals surface area contributed by atoms with E-state index in [1.54, 1.807) is 7.11 Å². The predicted octanol–water partition coefficient (Wildman–Crippen LogP) is -0.112. The van der Waals surface area contributed by atoms with Crippen LogP contribution in [0.1, 0.15) is 11.1 Å². The summed E-state index contributed by atoms with van der Waals surface area (Å²) in [4.78, 5) is 24.9. The number of guanidine groups is 1. The van der Waals surface area contributed by atoms with Crippen LogP contribution in [-0.4, -0.2) is 93.2 Å². The average Bonchev–Trinajstić information content (AvgIpc) is 2.68. The van der Waals surface area contributed by atoms with Crippen molar-refractivity contribution in [2.24, 2.45) is 4.99 Å². The van der Waals surface area contributed by atoms with E-state index in [1.165, 1.54) is 11.1 Å². The zero-order chi connectivity index (χ0) is 19.5.